The number of nitrogens with zero attached hydrogens (tertiary/aromatic N) is 3. The number of hydrogen-bond acceptors (Lipinski definition) is 8. The van der Waals surface area contributed by atoms with Crippen molar-refractivity contribution in [1.29, 1.82) is 0 Å². The molecular weight excluding hydrogens is 586 g/mol. The minimum Gasteiger partial charge on any atom is -0.488 e. The maximum atomic E-state index is 13.7. The number of carbonyl (C=O) groups is 2. The summed E-state index contributed by atoms with van der Waals surface area (Å²) < 4.78 is 39.1. The van der Waals surface area contributed by atoms with Crippen LogP contribution in [0.25, 0.3) is 0 Å². The molecule has 2 heterocycles. The second-order valence-electron chi connectivity index (χ2n) is 10.4. The van der Waals surface area contributed by atoms with Crippen LogP contribution in [0.4, 0.5) is 16.2 Å². The molecule has 3 amide bonds. The summed E-state index contributed by atoms with van der Waals surface area (Å²) in [5.74, 6) is -0.0340. The number of halogens is 1. The number of sulfonamides is 1. The number of nitrogens with one attached hydrogen (secondary N) is 2. The van der Waals surface area contributed by atoms with Crippen LogP contribution in [0.1, 0.15) is 35.7 Å². The Bertz CT molecular complexity index is 1540. The SMILES string of the molecule is Cc1noc(C)c1NC(=O)Nc1ccc2c(c1)C(=O)N([C@@H](C)CO)C[C@H](C)[C@@H](CN(C)S(=O)(=O)c1ccc(Cl)cc1)O2. The van der Waals surface area contributed by atoms with Gasteiger partial charge >= 0.3 is 6.03 Å². The van der Waals surface area contributed by atoms with E-state index in [2.05, 4.69) is 15.8 Å². The molecule has 1 aliphatic heterocycles. The van der Waals surface area contributed by atoms with Gasteiger partial charge in [0.1, 0.15) is 23.2 Å². The van der Waals surface area contributed by atoms with Crippen molar-refractivity contribution >= 4 is 44.9 Å². The fourth-order valence-electron chi connectivity index (χ4n) is 4.59. The number of urea groups is 1. The van der Waals surface area contributed by atoms with Crippen molar-refractivity contribution < 1.29 is 32.4 Å². The number of amides is 3. The van der Waals surface area contributed by atoms with Crippen molar-refractivity contribution in [3.8, 4) is 5.75 Å². The van der Waals surface area contributed by atoms with Gasteiger partial charge in [0, 0.05) is 30.2 Å². The van der Waals surface area contributed by atoms with Crippen LogP contribution in [0.3, 0.4) is 0 Å². The van der Waals surface area contributed by atoms with E-state index >= 15 is 0 Å². The number of aliphatic hydroxyl groups excluding tert-OH is 1. The third-order valence-electron chi connectivity index (χ3n) is 7.15. The maximum Gasteiger partial charge on any atom is 0.323 e. The Hall–Kier alpha value is -3.65. The number of likely N-dealkylation sites (N-methyl/N-ethyl adjacent to an activating group) is 1. The standard InChI is InChI=1S/C28H34ClN5O7S/c1-16-13-34(17(2)15-35)27(36)23-12-21(30-28(37)31-26-18(3)32-41-19(26)4)8-11-24(23)40-25(16)14-33(5)42(38,39)22-9-6-20(29)7-10-22/h6-12,16-17,25,35H,13-15H2,1-5H3,(H2,30,31,37)/t16-,17-,25+/m0/s1. The van der Waals surface area contributed by atoms with Gasteiger partial charge in [-0.2, -0.15) is 4.31 Å². The van der Waals surface area contributed by atoms with Crippen LogP contribution in [0.2, 0.25) is 5.02 Å². The summed E-state index contributed by atoms with van der Waals surface area (Å²) in [6.45, 7) is 6.85. The summed E-state index contributed by atoms with van der Waals surface area (Å²) in [4.78, 5) is 28.0. The Morgan fingerprint density at radius 2 is 1.90 bits per heavy atom. The molecule has 0 unspecified atom stereocenters. The van der Waals surface area contributed by atoms with E-state index in [-0.39, 0.29) is 41.8 Å². The third-order valence-corrected chi connectivity index (χ3v) is 9.24. The Morgan fingerprint density at radius 3 is 2.52 bits per heavy atom. The molecule has 0 aliphatic carbocycles. The van der Waals surface area contributed by atoms with Gasteiger partial charge in [0.05, 0.1) is 29.7 Å². The summed E-state index contributed by atoms with van der Waals surface area (Å²) in [7, 11) is -2.40. The molecule has 0 bridgehead atoms. The van der Waals surface area contributed by atoms with Crippen molar-refractivity contribution in [2.24, 2.45) is 5.92 Å². The lowest BCUT2D eigenvalue weighted by molar-refractivity contribution is 0.0387. The first-order valence-electron chi connectivity index (χ1n) is 13.3. The zero-order valence-corrected chi connectivity index (χ0v) is 25.5. The number of benzene rings is 2. The molecule has 12 nitrogen and oxygen atoms in total. The zero-order chi connectivity index (χ0) is 30.8. The molecule has 3 N–H and O–H groups in total. The van der Waals surface area contributed by atoms with Crippen LogP contribution in [-0.2, 0) is 10.0 Å². The largest absolute Gasteiger partial charge is 0.488 e. The number of aliphatic hydroxyl groups is 1. The number of fused-ring (bicyclic) bond motifs is 1. The third kappa shape index (κ3) is 6.70. The average molecular weight is 620 g/mol. The van der Waals surface area contributed by atoms with Crippen molar-refractivity contribution in [3.63, 3.8) is 0 Å². The smallest absolute Gasteiger partial charge is 0.323 e. The molecule has 1 aromatic heterocycles. The van der Waals surface area contributed by atoms with Gasteiger partial charge in [-0.3, -0.25) is 4.79 Å². The summed E-state index contributed by atoms with van der Waals surface area (Å²) >= 11 is 5.93. The lowest BCUT2D eigenvalue weighted by Gasteiger charge is -2.38. The molecule has 14 heteroatoms. The van der Waals surface area contributed by atoms with E-state index in [1.165, 1.54) is 46.6 Å². The predicted octanol–water partition coefficient (Wildman–Crippen LogP) is 4.13. The fourth-order valence-corrected chi connectivity index (χ4v) is 5.90. The van der Waals surface area contributed by atoms with E-state index in [1.807, 2.05) is 6.92 Å². The Labute approximate surface area is 249 Å². The number of anilines is 2. The second kappa shape index (κ2) is 12.7. The molecule has 1 aliphatic rings. The van der Waals surface area contributed by atoms with Crippen LogP contribution < -0.4 is 15.4 Å². The topological polar surface area (TPSA) is 154 Å². The summed E-state index contributed by atoms with van der Waals surface area (Å²) in [6.07, 6.45) is -0.654. The molecule has 4 rings (SSSR count). The van der Waals surface area contributed by atoms with E-state index in [0.29, 0.717) is 27.9 Å². The van der Waals surface area contributed by atoms with Crippen molar-refractivity contribution in [1.82, 2.24) is 14.4 Å². The Balaban J connectivity index is 1.62. The monoisotopic (exact) mass is 619 g/mol. The number of ether oxygens (including phenoxy) is 1. The number of aromatic nitrogens is 1. The van der Waals surface area contributed by atoms with Crippen molar-refractivity contribution in [2.45, 2.75) is 44.7 Å². The molecule has 0 saturated carbocycles. The molecular formula is C28H34ClN5O7S. The van der Waals surface area contributed by atoms with E-state index in [9.17, 15) is 23.1 Å². The fraction of sp³-hybridized carbons (Fsp3) is 0.393. The van der Waals surface area contributed by atoms with Gasteiger partial charge in [0.2, 0.25) is 10.0 Å². The van der Waals surface area contributed by atoms with E-state index in [1.54, 1.807) is 32.9 Å². The van der Waals surface area contributed by atoms with Crippen LogP contribution in [0, 0.1) is 19.8 Å². The number of hydrogen-bond donors (Lipinski definition) is 3. The Kier molecular flexibility index (Phi) is 9.46. The molecule has 0 saturated heterocycles. The number of aryl methyl sites for hydroxylation is 2. The highest BCUT2D eigenvalue weighted by Gasteiger charge is 2.35. The van der Waals surface area contributed by atoms with Crippen LogP contribution in [0.15, 0.2) is 51.9 Å². The zero-order valence-electron chi connectivity index (χ0n) is 23.9. The minimum absolute atomic E-state index is 0.0129. The van der Waals surface area contributed by atoms with Gasteiger partial charge in [0.15, 0.2) is 5.76 Å². The molecule has 0 radical (unpaired) electrons. The summed E-state index contributed by atoms with van der Waals surface area (Å²) in [5, 5.41) is 19.5. The number of rotatable bonds is 8. The quantitative estimate of drug-likeness (QED) is 0.340. The molecule has 42 heavy (non-hydrogen) atoms. The van der Waals surface area contributed by atoms with Crippen LogP contribution in [-0.4, -0.2) is 78.7 Å². The van der Waals surface area contributed by atoms with E-state index in [4.69, 9.17) is 20.9 Å². The molecule has 226 valence electrons. The van der Waals surface area contributed by atoms with Crippen molar-refractivity contribution in [3.05, 3.63) is 64.5 Å². The highest BCUT2D eigenvalue weighted by atomic mass is 35.5. The van der Waals surface area contributed by atoms with Gasteiger partial charge in [-0.05, 0) is 63.2 Å². The summed E-state index contributed by atoms with van der Waals surface area (Å²) in [6, 6.07) is 9.42. The Morgan fingerprint density at radius 1 is 1.21 bits per heavy atom. The van der Waals surface area contributed by atoms with E-state index < -0.39 is 34.1 Å². The highest BCUT2D eigenvalue weighted by Crippen LogP contribution is 2.31. The van der Waals surface area contributed by atoms with Gasteiger partial charge < -0.3 is 29.9 Å². The van der Waals surface area contributed by atoms with Gasteiger partial charge in [0.25, 0.3) is 5.91 Å². The lowest BCUT2D eigenvalue weighted by atomic mass is 9.99. The van der Waals surface area contributed by atoms with Gasteiger partial charge in [-0.25, -0.2) is 13.2 Å². The van der Waals surface area contributed by atoms with Crippen molar-refractivity contribution in [2.75, 3.05) is 37.4 Å². The average Bonchev–Trinajstić information content (AvgIpc) is 3.26. The molecule has 3 aromatic rings. The molecule has 0 spiro atoms. The molecule has 3 atom stereocenters. The van der Waals surface area contributed by atoms with Gasteiger partial charge in [-0.1, -0.05) is 23.7 Å². The first-order chi connectivity index (χ1) is 19.8. The van der Waals surface area contributed by atoms with Gasteiger partial charge in [-0.15, -0.1) is 0 Å². The molecule has 0 fully saturated rings. The maximum absolute atomic E-state index is 13.7. The predicted molar refractivity (Wildman–Crippen MR) is 157 cm³/mol. The normalized spacial score (nSPS) is 18.1. The first-order valence-corrected chi connectivity index (χ1v) is 15.1. The lowest BCUT2D eigenvalue weighted by Crippen LogP contribution is -2.50. The first kappa shape index (κ1) is 31.3. The molecule has 2 aromatic carbocycles. The minimum atomic E-state index is -3.86. The second-order valence-corrected chi connectivity index (χ2v) is 12.8. The van der Waals surface area contributed by atoms with E-state index in [0.717, 1.165) is 0 Å². The highest BCUT2D eigenvalue weighted by molar-refractivity contribution is 7.89. The summed E-state index contributed by atoms with van der Waals surface area (Å²) in [5.41, 5.74) is 1.43. The number of carbonyl (C=O) groups excluding carboxylic acids is 2. The van der Waals surface area contributed by atoms with Crippen LogP contribution >= 0.6 is 11.6 Å². The van der Waals surface area contributed by atoms with Crippen LogP contribution in [0.5, 0.6) is 5.75 Å².